The summed E-state index contributed by atoms with van der Waals surface area (Å²) in [5.74, 6) is 0. The monoisotopic (exact) mass is 232 g/mol. The SMILES string of the molecule is CCCc1ccc(NC2CCC(N)CC2)cc1. The highest BCUT2D eigenvalue weighted by atomic mass is 14.9. The quantitative estimate of drug-likeness (QED) is 0.835. The Hall–Kier alpha value is -1.02. The van der Waals surface area contributed by atoms with Crippen LogP contribution in [-0.2, 0) is 6.42 Å². The van der Waals surface area contributed by atoms with Crippen LogP contribution in [0.15, 0.2) is 24.3 Å². The number of hydrogen-bond donors (Lipinski definition) is 2. The van der Waals surface area contributed by atoms with E-state index in [2.05, 4.69) is 36.5 Å². The van der Waals surface area contributed by atoms with Crippen molar-refractivity contribution >= 4 is 5.69 Å². The van der Waals surface area contributed by atoms with Crippen molar-refractivity contribution in [3.8, 4) is 0 Å². The highest BCUT2D eigenvalue weighted by molar-refractivity contribution is 5.45. The average Bonchev–Trinajstić information content (AvgIpc) is 2.35. The normalized spacial score (nSPS) is 24.6. The molecule has 0 unspecified atom stereocenters. The van der Waals surface area contributed by atoms with E-state index in [1.165, 1.54) is 36.9 Å². The van der Waals surface area contributed by atoms with Gasteiger partial charge in [-0.2, -0.15) is 0 Å². The Labute approximate surface area is 105 Å². The molecule has 1 aromatic carbocycles. The third kappa shape index (κ3) is 3.74. The molecule has 0 radical (unpaired) electrons. The third-order valence-corrected chi connectivity index (χ3v) is 3.64. The smallest absolute Gasteiger partial charge is 0.0342 e. The highest BCUT2D eigenvalue weighted by Gasteiger charge is 2.17. The fourth-order valence-corrected chi connectivity index (χ4v) is 2.56. The Morgan fingerprint density at radius 1 is 1.12 bits per heavy atom. The second-order valence-electron chi connectivity index (χ2n) is 5.20. The van der Waals surface area contributed by atoms with Gasteiger partial charge in [0.25, 0.3) is 0 Å². The fourth-order valence-electron chi connectivity index (χ4n) is 2.56. The van der Waals surface area contributed by atoms with Gasteiger partial charge in [0.2, 0.25) is 0 Å². The molecule has 1 aromatic rings. The van der Waals surface area contributed by atoms with Gasteiger partial charge in [-0.25, -0.2) is 0 Å². The van der Waals surface area contributed by atoms with Crippen LogP contribution in [0.2, 0.25) is 0 Å². The Kier molecular flexibility index (Phi) is 4.43. The third-order valence-electron chi connectivity index (χ3n) is 3.64. The standard InChI is InChI=1S/C15H24N2/c1-2-3-12-4-8-14(9-5-12)17-15-10-6-13(16)7-11-15/h4-5,8-9,13,15,17H,2-3,6-7,10-11,16H2,1H3. The molecule has 2 heteroatoms. The molecule has 1 fully saturated rings. The van der Waals surface area contributed by atoms with E-state index in [0.717, 1.165) is 12.8 Å². The van der Waals surface area contributed by atoms with Crippen molar-refractivity contribution in [2.75, 3.05) is 5.32 Å². The number of aryl methyl sites for hydroxylation is 1. The zero-order valence-electron chi connectivity index (χ0n) is 10.8. The summed E-state index contributed by atoms with van der Waals surface area (Å²) in [7, 11) is 0. The number of benzene rings is 1. The zero-order chi connectivity index (χ0) is 12.1. The predicted octanol–water partition coefficient (Wildman–Crippen LogP) is 3.32. The molecule has 17 heavy (non-hydrogen) atoms. The van der Waals surface area contributed by atoms with Crippen LogP contribution in [0.4, 0.5) is 5.69 Å². The average molecular weight is 232 g/mol. The van der Waals surface area contributed by atoms with Gasteiger partial charge in [-0.15, -0.1) is 0 Å². The van der Waals surface area contributed by atoms with Crippen LogP contribution in [-0.4, -0.2) is 12.1 Å². The first-order valence-electron chi connectivity index (χ1n) is 6.89. The van der Waals surface area contributed by atoms with Gasteiger partial charge in [0.1, 0.15) is 0 Å². The first kappa shape index (κ1) is 12.4. The topological polar surface area (TPSA) is 38.0 Å². The molecule has 2 rings (SSSR count). The maximum atomic E-state index is 5.92. The van der Waals surface area contributed by atoms with E-state index in [9.17, 15) is 0 Å². The molecule has 0 heterocycles. The van der Waals surface area contributed by atoms with E-state index in [1.54, 1.807) is 0 Å². The number of rotatable bonds is 4. The van der Waals surface area contributed by atoms with Crippen LogP contribution in [0.1, 0.15) is 44.6 Å². The molecule has 1 aliphatic rings. The lowest BCUT2D eigenvalue weighted by atomic mass is 9.91. The van der Waals surface area contributed by atoms with E-state index in [-0.39, 0.29) is 0 Å². The van der Waals surface area contributed by atoms with Crippen LogP contribution >= 0.6 is 0 Å². The number of nitrogens with one attached hydrogen (secondary N) is 1. The molecule has 0 amide bonds. The van der Waals surface area contributed by atoms with Crippen molar-refractivity contribution in [2.45, 2.75) is 57.5 Å². The molecule has 1 aliphatic carbocycles. The summed E-state index contributed by atoms with van der Waals surface area (Å²) in [6.45, 7) is 2.22. The molecule has 2 nitrogen and oxygen atoms in total. The van der Waals surface area contributed by atoms with E-state index in [4.69, 9.17) is 5.73 Å². The minimum atomic E-state index is 0.431. The Bertz CT molecular complexity index is 323. The summed E-state index contributed by atoms with van der Waals surface area (Å²) in [5.41, 5.74) is 8.60. The minimum absolute atomic E-state index is 0.431. The Morgan fingerprint density at radius 2 is 1.76 bits per heavy atom. The van der Waals surface area contributed by atoms with Crippen LogP contribution in [0.3, 0.4) is 0 Å². The van der Waals surface area contributed by atoms with Gasteiger partial charge in [-0.05, 0) is 49.8 Å². The molecule has 0 aliphatic heterocycles. The minimum Gasteiger partial charge on any atom is -0.382 e. The van der Waals surface area contributed by atoms with Gasteiger partial charge in [0.15, 0.2) is 0 Å². The number of nitrogens with two attached hydrogens (primary N) is 1. The van der Waals surface area contributed by atoms with Gasteiger partial charge in [0.05, 0.1) is 0 Å². The molecule has 0 atom stereocenters. The maximum absolute atomic E-state index is 5.92. The summed E-state index contributed by atoms with van der Waals surface area (Å²) in [4.78, 5) is 0. The number of hydrogen-bond acceptors (Lipinski definition) is 2. The molecule has 94 valence electrons. The highest BCUT2D eigenvalue weighted by Crippen LogP contribution is 2.21. The van der Waals surface area contributed by atoms with Crippen molar-refractivity contribution in [1.29, 1.82) is 0 Å². The largest absolute Gasteiger partial charge is 0.382 e. The molecule has 0 spiro atoms. The summed E-state index contributed by atoms with van der Waals surface area (Å²) in [6.07, 6.45) is 7.12. The van der Waals surface area contributed by atoms with Crippen molar-refractivity contribution in [2.24, 2.45) is 5.73 Å². The zero-order valence-corrected chi connectivity index (χ0v) is 10.8. The number of anilines is 1. The van der Waals surface area contributed by atoms with Crippen molar-refractivity contribution < 1.29 is 0 Å². The van der Waals surface area contributed by atoms with Crippen molar-refractivity contribution in [1.82, 2.24) is 0 Å². The van der Waals surface area contributed by atoms with Gasteiger partial charge in [-0.1, -0.05) is 25.5 Å². The summed E-state index contributed by atoms with van der Waals surface area (Å²) < 4.78 is 0. The van der Waals surface area contributed by atoms with Crippen LogP contribution in [0.25, 0.3) is 0 Å². The predicted molar refractivity (Wildman–Crippen MR) is 74.3 cm³/mol. The molecule has 1 saturated carbocycles. The summed E-state index contributed by atoms with van der Waals surface area (Å²) in [5, 5.41) is 3.62. The first-order valence-corrected chi connectivity index (χ1v) is 6.89. The lowest BCUT2D eigenvalue weighted by Gasteiger charge is -2.27. The molecule has 0 saturated heterocycles. The van der Waals surface area contributed by atoms with Crippen LogP contribution in [0.5, 0.6) is 0 Å². The first-order chi connectivity index (χ1) is 8.28. The van der Waals surface area contributed by atoms with E-state index in [1.807, 2.05) is 0 Å². The van der Waals surface area contributed by atoms with E-state index in [0.29, 0.717) is 12.1 Å². The summed E-state index contributed by atoms with van der Waals surface area (Å²) >= 11 is 0. The fraction of sp³-hybridized carbons (Fsp3) is 0.600. The van der Waals surface area contributed by atoms with E-state index >= 15 is 0 Å². The van der Waals surface area contributed by atoms with Gasteiger partial charge in [0, 0.05) is 17.8 Å². The van der Waals surface area contributed by atoms with Gasteiger partial charge < -0.3 is 11.1 Å². The molecular weight excluding hydrogens is 208 g/mol. The maximum Gasteiger partial charge on any atom is 0.0342 e. The van der Waals surface area contributed by atoms with Crippen molar-refractivity contribution in [3.63, 3.8) is 0 Å². The van der Waals surface area contributed by atoms with Crippen LogP contribution < -0.4 is 11.1 Å². The molecular formula is C15H24N2. The Morgan fingerprint density at radius 3 is 2.35 bits per heavy atom. The molecule has 3 N–H and O–H groups in total. The van der Waals surface area contributed by atoms with Gasteiger partial charge >= 0.3 is 0 Å². The van der Waals surface area contributed by atoms with E-state index < -0.39 is 0 Å². The van der Waals surface area contributed by atoms with Crippen molar-refractivity contribution in [3.05, 3.63) is 29.8 Å². The second kappa shape index (κ2) is 6.06. The lowest BCUT2D eigenvalue weighted by molar-refractivity contribution is 0.411. The summed E-state index contributed by atoms with van der Waals surface area (Å²) in [6, 6.07) is 9.94. The Balaban J connectivity index is 1.86. The van der Waals surface area contributed by atoms with Crippen LogP contribution in [0, 0.1) is 0 Å². The second-order valence-corrected chi connectivity index (χ2v) is 5.20. The lowest BCUT2D eigenvalue weighted by Crippen LogP contribution is -2.32. The van der Waals surface area contributed by atoms with Gasteiger partial charge in [-0.3, -0.25) is 0 Å². The molecule has 0 aromatic heterocycles. The molecule has 0 bridgehead atoms.